The van der Waals surface area contributed by atoms with E-state index in [-0.39, 0.29) is 24.5 Å². The van der Waals surface area contributed by atoms with Gasteiger partial charge in [-0.1, -0.05) is 25.0 Å². The van der Waals surface area contributed by atoms with Crippen molar-refractivity contribution in [2.24, 2.45) is 0 Å². The van der Waals surface area contributed by atoms with Gasteiger partial charge in [0.25, 0.3) is 0 Å². The van der Waals surface area contributed by atoms with Crippen LogP contribution in [-0.2, 0) is 10.3 Å². The summed E-state index contributed by atoms with van der Waals surface area (Å²) in [5.74, 6) is 0.514. The second-order valence-electron chi connectivity index (χ2n) is 8.01. The highest BCUT2D eigenvalue weighted by molar-refractivity contribution is 5.89. The zero-order valence-corrected chi connectivity index (χ0v) is 17.0. The Bertz CT molecular complexity index is 838. The second kappa shape index (κ2) is 7.13. The second-order valence-corrected chi connectivity index (χ2v) is 8.01. The van der Waals surface area contributed by atoms with Crippen LogP contribution < -0.4 is 15.4 Å². The summed E-state index contributed by atoms with van der Waals surface area (Å²) in [6.07, 6.45) is 2.77. The molecule has 9 nitrogen and oxygen atoms in total. The number of hydrogen-bond acceptors (Lipinski definition) is 4. The molecule has 0 radical (unpaired) electrons. The predicted octanol–water partition coefficient (Wildman–Crippen LogP) is 1.26. The van der Waals surface area contributed by atoms with Crippen molar-refractivity contribution in [3.05, 3.63) is 29.8 Å². The van der Waals surface area contributed by atoms with Crippen molar-refractivity contribution in [1.29, 1.82) is 0 Å². The Hall–Kier alpha value is -2.97. The van der Waals surface area contributed by atoms with Crippen molar-refractivity contribution in [2.45, 2.75) is 43.6 Å². The molecule has 1 aromatic rings. The molecule has 0 aromatic heterocycles. The van der Waals surface area contributed by atoms with Gasteiger partial charge in [-0.25, -0.2) is 9.59 Å². The molecule has 2 heterocycles. The molecule has 3 aliphatic rings. The van der Waals surface area contributed by atoms with E-state index in [2.05, 4.69) is 10.6 Å². The van der Waals surface area contributed by atoms with Gasteiger partial charge in [0.2, 0.25) is 5.91 Å². The average Bonchev–Trinajstić information content (AvgIpc) is 3.37. The lowest BCUT2D eigenvalue weighted by Crippen LogP contribution is -2.52. The third-order valence-corrected chi connectivity index (χ3v) is 6.32. The maximum absolute atomic E-state index is 13.0. The Morgan fingerprint density at radius 1 is 1.24 bits per heavy atom. The van der Waals surface area contributed by atoms with Crippen molar-refractivity contribution >= 4 is 18.0 Å². The smallest absolute Gasteiger partial charge is 0.323 e. The fourth-order valence-electron chi connectivity index (χ4n) is 4.78. The topological polar surface area (TPSA) is 94.2 Å². The molecule has 5 amide bonds. The molecule has 2 aliphatic heterocycles. The minimum Gasteiger partial charge on any atom is -0.497 e. The van der Waals surface area contributed by atoms with E-state index in [1.807, 2.05) is 24.3 Å². The molecule has 2 atom stereocenters. The Morgan fingerprint density at radius 2 is 1.97 bits per heavy atom. The van der Waals surface area contributed by atoms with Gasteiger partial charge >= 0.3 is 12.1 Å². The van der Waals surface area contributed by atoms with Gasteiger partial charge in [-0.05, 0) is 30.5 Å². The van der Waals surface area contributed by atoms with Gasteiger partial charge in [-0.15, -0.1) is 0 Å². The number of urea groups is 2. The number of hydrogen-bond donors (Lipinski definition) is 2. The number of likely N-dealkylation sites (N-methyl/N-ethyl adjacent to an activating group) is 2. The first-order chi connectivity index (χ1) is 13.9. The lowest BCUT2D eigenvalue weighted by Gasteiger charge is -2.33. The van der Waals surface area contributed by atoms with Crippen LogP contribution in [0.4, 0.5) is 9.59 Å². The number of fused-ring (bicyclic) bond motifs is 1. The van der Waals surface area contributed by atoms with Gasteiger partial charge in [0.15, 0.2) is 0 Å². The third kappa shape index (κ3) is 3.14. The van der Waals surface area contributed by atoms with Gasteiger partial charge in [0, 0.05) is 14.1 Å². The number of carbonyl (C=O) groups is 3. The maximum atomic E-state index is 13.0. The largest absolute Gasteiger partial charge is 0.497 e. The normalized spacial score (nSPS) is 25.3. The van der Waals surface area contributed by atoms with Gasteiger partial charge in [-0.2, -0.15) is 0 Å². The first kappa shape index (κ1) is 19.4. The van der Waals surface area contributed by atoms with E-state index in [0.29, 0.717) is 0 Å². The zero-order chi connectivity index (χ0) is 20.8. The van der Waals surface area contributed by atoms with E-state index in [1.165, 1.54) is 14.7 Å². The van der Waals surface area contributed by atoms with Crippen molar-refractivity contribution in [1.82, 2.24) is 25.3 Å². The molecule has 1 saturated carbocycles. The van der Waals surface area contributed by atoms with Crippen LogP contribution in [0.25, 0.3) is 0 Å². The molecule has 1 aromatic carbocycles. The molecule has 2 N–H and O–H groups in total. The molecule has 29 heavy (non-hydrogen) atoms. The quantitative estimate of drug-likeness (QED) is 0.777. The summed E-state index contributed by atoms with van der Waals surface area (Å²) >= 11 is 0. The van der Waals surface area contributed by atoms with E-state index in [1.54, 1.807) is 21.2 Å². The number of carbonyl (C=O) groups excluding carboxylic acids is 3. The molecule has 156 valence electrons. The highest BCUT2D eigenvalue weighted by Gasteiger charge is 2.53. The van der Waals surface area contributed by atoms with Crippen molar-refractivity contribution in [3.8, 4) is 5.75 Å². The highest BCUT2D eigenvalue weighted by Crippen LogP contribution is 2.40. The maximum Gasteiger partial charge on any atom is 0.323 e. The molecular weight excluding hydrogens is 374 g/mol. The van der Waals surface area contributed by atoms with Crippen molar-refractivity contribution < 1.29 is 19.1 Å². The predicted molar refractivity (Wildman–Crippen MR) is 105 cm³/mol. The summed E-state index contributed by atoms with van der Waals surface area (Å²) in [5, 5.41) is 5.98. The Kier molecular flexibility index (Phi) is 4.76. The summed E-state index contributed by atoms with van der Waals surface area (Å²) in [6, 6.07) is 7.24. The summed E-state index contributed by atoms with van der Waals surface area (Å²) in [7, 11) is 4.91. The first-order valence-corrected chi connectivity index (χ1v) is 9.88. The summed E-state index contributed by atoms with van der Waals surface area (Å²) in [4.78, 5) is 42.0. The number of rotatable bonds is 5. The lowest BCUT2D eigenvalue weighted by molar-refractivity contribution is -0.124. The molecular formula is C20H27N5O4. The van der Waals surface area contributed by atoms with Gasteiger partial charge in [-0.3, -0.25) is 9.69 Å². The van der Waals surface area contributed by atoms with Crippen LogP contribution in [0.1, 0.15) is 31.2 Å². The number of benzene rings is 1. The fraction of sp³-hybridized carbons (Fsp3) is 0.550. The average molecular weight is 401 g/mol. The Morgan fingerprint density at radius 3 is 2.66 bits per heavy atom. The molecule has 0 bridgehead atoms. The van der Waals surface area contributed by atoms with Crippen LogP contribution >= 0.6 is 0 Å². The Balaban J connectivity index is 1.52. The highest BCUT2D eigenvalue weighted by atomic mass is 16.5. The minimum atomic E-state index is -0.498. The number of ether oxygens (including phenoxy) is 1. The SMILES string of the molecule is COc1cccc(C2(NC(=O)CN3C(=O)N[C@@H]4[C@@H]3N(C)C(=O)N4C)CCCC2)c1. The van der Waals surface area contributed by atoms with Gasteiger partial charge < -0.3 is 25.2 Å². The van der Waals surface area contributed by atoms with E-state index in [4.69, 9.17) is 4.74 Å². The van der Waals surface area contributed by atoms with Crippen molar-refractivity contribution in [2.75, 3.05) is 27.7 Å². The van der Waals surface area contributed by atoms with E-state index < -0.39 is 17.9 Å². The number of nitrogens with one attached hydrogen (secondary N) is 2. The molecule has 4 rings (SSSR count). The molecule has 1 aliphatic carbocycles. The van der Waals surface area contributed by atoms with Gasteiger partial charge in [0.05, 0.1) is 12.6 Å². The number of amides is 5. The number of methoxy groups -OCH3 is 1. The fourth-order valence-corrected chi connectivity index (χ4v) is 4.78. The first-order valence-electron chi connectivity index (χ1n) is 9.88. The van der Waals surface area contributed by atoms with E-state index in [0.717, 1.165) is 37.0 Å². The van der Waals surface area contributed by atoms with Crippen LogP contribution in [0.5, 0.6) is 5.75 Å². The standard InChI is InChI=1S/C20H27N5O4/c1-23-16-17(24(2)19(23)28)25(18(27)21-16)12-15(26)22-20(9-4-5-10-20)13-7-6-8-14(11-13)29-3/h6-8,11,16-17H,4-5,9-10,12H2,1-3H3,(H,21,27)(H,22,26)/t16-,17+/m0/s1. The van der Waals surface area contributed by atoms with Gasteiger partial charge in [0.1, 0.15) is 24.6 Å². The minimum absolute atomic E-state index is 0.107. The molecule has 3 fully saturated rings. The monoisotopic (exact) mass is 401 g/mol. The number of nitrogens with zero attached hydrogens (tertiary/aromatic N) is 3. The third-order valence-electron chi connectivity index (χ3n) is 6.32. The van der Waals surface area contributed by atoms with E-state index in [9.17, 15) is 14.4 Å². The zero-order valence-electron chi connectivity index (χ0n) is 17.0. The van der Waals surface area contributed by atoms with Crippen LogP contribution in [0.15, 0.2) is 24.3 Å². The summed E-state index contributed by atoms with van der Waals surface area (Å²) in [6.45, 7) is -0.107. The van der Waals surface area contributed by atoms with Crippen molar-refractivity contribution in [3.63, 3.8) is 0 Å². The summed E-state index contributed by atoms with van der Waals surface area (Å²) < 4.78 is 5.35. The van der Waals surface area contributed by atoms with Crippen LogP contribution in [0.2, 0.25) is 0 Å². The van der Waals surface area contributed by atoms with Crippen LogP contribution in [0, 0.1) is 0 Å². The molecule has 9 heteroatoms. The molecule has 0 spiro atoms. The van der Waals surface area contributed by atoms with Crippen LogP contribution in [0.3, 0.4) is 0 Å². The lowest BCUT2D eigenvalue weighted by atomic mass is 9.88. The summed E-state index contributed by atoms with van der Waals surface area (Å²) in [5.41, 5.74) is 0.550. The van der Waals surface area contributed by atoms with Crippen LogP contribution in [-0.4, -0.2) is 72.8 Å². The Labute approximate surface area is 170 Å². The molecule has 0 unspecified atom stereocenters. The van der Waals surface area contributed by atoms with E-state index >= 15 is 0 Å². The molecule has 2 saturated heterocycles.